The zero-order valence-electron chi connectivity index (χ0n) is 14.9. The van der Waals surface area contributed by atoms with Gasteiger partial charge in [-0.2, -0.15) is 4.31 Å². The van der Waals surface area contributed by atoms with Gasteiger partial charge in [-0.25, -0.2) is 8.42 Å². The average Bonchev–Trinajstić information content (AvgIpc) is 3.12. The van der Waals surface area contributed by atoms with Gasteiger partial charge in [-0.15, -0.1) is 11.3 Å². The molecular weight excluding hydrogens is 356 g/mol. The molecule has 5 nitrogen and oxygen atoms in total. The van der Waals surface area contributed by atoms with E-state index in [4.69, 9.17) is 0 Å². The van der Waals surface area contributed by atoms with Crippen LogP contribution >= 0.6 is 11.3 Å². The third-order valence-corrected chi connectivity index (χ3v) is 8.77. The van der Waals surface area contributed by atoms with E-state index in [1.54, 1.807) is 16.4 Å². The van der Waals surface area contributed by atoms with E-state index >= 15 is 0 Å². The predicted octanol–water partition coefficient (Wildman–Crippen LogP) is 3.11. The van der Waals surface area contributed by atoms with Crippen molar-refractivity contribution in [2.75, 3.05) is 26.2 Å². The second kappa shape index (κ2) is 8.18. The topological polar surface area (TPSA) is 57.7 Å². The Morgan fingerprint density at radius 1 is 1.16 bits per heavy atom. The number of hydrogen-bond donors (Lipinski definition) is 0. The number of rotatable bonds is 5. The number of hydrogen-bond acceptors (Lipinski definition) is 4. The first-order valence-electron chi connectivity index (χ1n) is 9.37. The predicted molar refractivity (Wildman–Crippen MR) is 100 cm³/mol. The van der Waals surface area contributed by atoms with Crippen molar-refractivity contribution >= 4 is 27.3 Å². The van der Waals surface area contributed by atoms with E-state index in [0.717, 1.165) is 50.1 Å². The van der Waals surface area contributed by atoms with Crippen LogP contribution in [0.5, 0.6) is 0 Å². The molecule has 3 heterocycles. The molecule has 140 valence electrons. The maximum absolute atomic E-state index is 12.7. The van der Waals surface area contributed by atoms with Crippen LogP contribution < -0.4 is 0 Å². The number of amides is 1. The quantitative estimate of drug-likeness (QED) is 0.784. The van der Waals surface area contributed by atoms with Crippen LogP contribution in [-0.2, 0) is 21.2 Å². The van der Waals surface area contributed by atoms with Crippen molar-refractivity contribution in [1.29, 1.82) is 0 Å². The minimum absolute atomic E-state index is 0.127. The summed E-state index contributed by atoms with van der Waals surface area (Å²) < 4.78 is 27.4. The Hall–Kier alpha value is -0.920. The number of nitrogens with zero attached hydrogens (tertiary/aromatic N) is 2. The number of carbonyl (C=O) groups is 1. The third-order valence-electron chi connectivity index (χ3n) is 5.32. The molecule has 2 saturated heterocycles. The maximum atomic E-state index is 12.7. The third kappa shape index (κ3) is 4.44. The van der Waals surface area contributed by atoms with E-state index in [-0.39, 0.29) is 5.91 Å². The molecule has 1 amide bonds. The average molecular weight is 385 g/mol. The fraction of sp³-hybridized carbons (Fsp3) is 0.722. The molecule has 0 N–H and O–H groups in total. The SMILES string of the molecule is CCC1CCCN(C(=O)Cc2ccc(S(=O)(=O)N3CCCCC3)s2)C1. The standard InChI is InChI=1S/C18H28N2O3S2/c1-2-15-7-6-10-19(14-15)17(21)13-16-8-9-18(24-16)25(22,23)20-11-4-3-5-12-20/h8-9,15H,2-7,10-14H2,1H3. The van der Waals surface area contributed by atoms with Gasteiger partial charge in [0.05, 0.1) is 6.42 Å². The lowest BCUT2D eigenvalue weighted by Gasteiger charge is -2.32. The molecule has 2 fully saturated rings. The van der Waals surface area contributed by atoms with Crippen molar-refractivity contribution in [3.8, 4) is 0 Å². The van der Waals surface area contributed by atoms with Gasteiger partial charge in [0.25, 0.3) is 10.0 Å². The van der Waals surface area contributed by atoms with E-state index in [9.17, 15) is 13.2 Å². The second-order valence-electron chi connectivity index (χ2n) is 7.12. The highest BCUT2D eigenvalue weighted by molar-refractivity contribution is 7.91. The van der Waals surface area contributed by atoms with Crippen molar-refractivity contribution in [2.45, 2.75) is 56.1 Å². The summed E-state index contributed by atoms with van der Waals surface area (Å²) in [6.07, 6.45) is 6.68. The summed E-state index contributed by atoms with van der Waals surface area (Å²) in [5, 5.41) is 0. The minimum Gasteiger partial charge on any atom is -0.342 e. The highest BCUT2D eigenvalue weighted by atomic mass is 32.2. The Kier molecular flexibility index (Phi) is 6.17. The van der Waals surface area contributed by atoms with E-state index in [1.807, 2.05) is 4.90 Å². The highest BCUT2D eigenvalue weighted by Gasteiger charge is 2.28. The molecule has 2 aliphatic rings. The Balaban J connectivity index is 1.64. The van der Waals surface area contributed by atoms with Crippen LogP contribution in [0.4, 0.5) is 0 Å². The molecule has 0 saturated carbocycles. The monoisotopic (exact) mass is 384 g/mol. The van der Waals surface area contributed by atoms with Crippen molar-refractivity contribution in [3.05, 3.63) is 17.0 Å². The Bertz CT molecular complexity index is 693. The lowest BCUT2D eigenvalue weighted by molar-refractivity contribution is -0.132. The van der Waals surface area contributed by atoms with Crippen molar-refractivity contribution in [2.24, 2.45) is 5.92 Å². The molecule has 0 aromatic carbocycles. The Morgan fingerprint density at radius 3 is 2.64 bits per heavy atom. The molecule has 3 rings (SSSR count). The van der Waals surface area contributed by atoms with Gasteiger partial charge in [0.15, 0.2) is 0 Å². The van der Waals surface area contributed by atoms with Gasteiger partial charge in [0, 0.05) is 31.1 Å². The van der Waals surface area contributed by atoms with Gasteiger partial charge in [0.1, 0.15) is 4.21 Å². The summed E-state index contributed by atoms with van der Waals surface area (Å²) in [6, 6.07) is 3.48. The number of piperidine rings is 2. The van der Waals surface area contributed by atoms with Gasteiger partial charge < -0.3 is 4.90 Å². The van der Waals surface area contributed by atoms with E-state index in [0.29, 0.717) is 29.6 Å². The lowest BCUT2D eigenvalue weighted by Crippen LogP contribution is -2.40. The summed E-state index contributed by atoms with van der Waals surface area (Å²) in [5.41, 5.74) is 0. The molecular formula is C18H28N2O3S2. The van der Waals surface area contributed by atoms with Crippen LogP contribution in [0.2, 0.25) is 0 Å². The van der Waals surface area contributed by atoms with E-state index < -0.39 is 10.0 Å². The van der Waals surface area contributed by atoms with Gasteiger partial charge in [-0.1, -0.05) is 19.8 Å². The fourth-order valence-corrected chi connectivity index (χ4v) is 6.73. The first-order chi connectivity index (χ1) is 12.0. The van der Waals surface area contributed by atoms with Gasteiger partial charge in [-0.3, -0.25) is 4.79 Å². The van der Waals surface area contributed by atoms with Crippen LogP contribution in [0.3, 0.4) is 0 Å². The smallest absolute Gasteiger partial charge is 0.252 e. The molecule has 0 aliphatic carbocycles. The van der Waals surface area contributed by atoms with Crippen LogP contribution in [0.15, 0.2) is 16.3 Å². The molecule has 0 radical (unpaired) electrons. The number of carbonyl (C=O) groups excluding carboxylic acids is 1. The first-order valence-corrected chi connectivity index (χ1v) is 11.6. The molecule has 1 unspecified atom stereocenters. The van der Waals surface area contributed by atoms with E-state index in [1.165, 1.54) is 17.8 Å². The summed E-state index contributed by atoms with van der Waals surface area (Å²) >= 11 is 1.26. The minimum atomic E-state index is -3.39. The van der Waals surface area contributed by atoms with E-state index in [2.05, 4.69) is 6.92 Å². The van der Waals surface area contributed by atoms with Gasteiger partial charge >= 0.3 is 0 Å². The fourth-order valence-electron chi connectivity index (χ4n) is 3.71. The number of sulfonamides is 1. The normalized spacial score (nSPS) is 22.9. The van der Waals surface area contributed by atoms with Crippen molar-refractivity contribution in [3.63, 3.8) is 0 Å². The molecule has 25 heavy (non-hydrogen) atoms. The number of likely N-dealkylation sites (tertiary alicyclic amines) is 1. The largest absolute Gasteiger partial charge is 0.342 e. The molecule has 1 aromatic heterocycles. The zero-order chi connectivity index (χ0) is 17.9. The first kappa shape index (κ1) is 18.9. The lowest BCUT2D eigenvalue weighted by atomic mass is 9.95. The summed E-state index contributed by atoms with van der Waals surface area (Å²) in [6.45, 7) is 5.08. The Labute approximate surface area is 155 Å². The van der Waals surface area contributed by atoms with Crippen LogP contribution in [-0.4, -0.2) is 49.7 Å². The summed E-state index contributed by atoms with van der Waals surface area (Å²) in [4.78, 5) is 15.4. The highest BCUT2D eigenvalue weighted by Crippen LogP contribution is 2.28. The summed E-state index contributed by atoms with van der Waals surface area (Å²) in [5.74, 6) is 0.734. The molecule has 2 aliphatic heterocycles. The van der Waals surface area contributed by atoms with Gasteiger partial charge in [0.2, 0.25) is 5.91 Å². The zero-order valence-corrected chi connectivity index (χ0v) is 16.6. The molecule has 0 bridgehead atoms. The molecule has 0 spiro atoms. The van der Waals surface area contributed by atoms with Crippen LogP contribution in [0.25, 0.3) is 0 Å². The second-order valence-corrected chi connectivity index (χ2v) is 10.5. The molecule has 7 heteroatoms. The number of thiophene rings is 1. The van der Waals surface area contributed by atoms with Crippen molar-refractivity contribution in [1.82, 2.24) is 9.21 Å². The molecule has 1 atom stereocenters. The molecule has 1 aromatic rings. The maximum Gasteiger partial charge on any atom is 0.252 e. The van der Waals surface area contributed by atoms with Crippen LogP contribution in [0.1, 0.15) is 50.3 Å². The van der Waals surface area contributed by atoms with Crippen LogP contribution in [0, 0.1) is 5.92 Å². The van der Waals surface area contributed by atoms with Gasteiger partial charge in [-0.05, 0) is 43.7 Å². The van der Waals surface area contributed by atoms with Crippen molar-refractivity contribution < 1.29 is 13.2 Å². The Morgan fingerprint density at radius 2 is 1.92 bits per heavy atom. The summed E-state index contributed by atoms with van der Waals surface area (Å²) in [7, 11) is -3.39.